The van der Waals surface area contributed by atoms with Gasteiger partial charge in [0.25, 0.3) is 10.0 Å². The lowest BCUT2D eigenvalue weighted by Gasteiger charge is -2.14. The molecule has 7 heteroatoms. The number of anilines is 1. The standard InChI is InChI=1S/C14H13Br2NO3S/c1-9-10(8-18)4-2-7-13(9)21(19,20)17-14-11(15)5-3-6-12(14)16/h2-7,17-18H,8H2,1H3. The van der Waals surface area contributed by atoms with Gasteiger partial charge in [0.1, 0.15) is 0 Å². The van der Waals surface area contributed by atoms with Crippen LogP contribution in [0.2, 0.25) is 0 Å². The summed E-state index contributed by atoms with van der Waals surface area (Å²) in [6.45, 7) is 1.48. The Morgan fingerprint density at radius 3 is 2.24 bits per heavy atom. The molecule has 2 aromatic carbocycles. The van der Waals surface area contributed by atoms with E-state index in [-0.39, 0.29) is 11.5 Å². The average Bonchev–Trinajstić information content (AvgIpc) is 2.43. The van der Waals surface area contributed by atoms with E-state index in [1.54, 1.807) is 37.3 Å². The van der Waals surface area contributed by atoms with Crippen LogP contribution in [0.15, 0.2) is 50.2 Å². The van der Waals surface area contributed by atoms with E-state index >= 15 is 0 Å². The molecule has 0 aliphatic heterocycles. The highest BCUT2D eigenvalue weighted by atomic mass is 79.9. The van der Waals surface area contributed by atoms with E-state index in [4.69, 9.17) is 0 Å². The number of para-hydroxylation sites is 1. The molecular formula is C14H13Br2NO3S. The maximum Gasteiger partial charge on any atom is 0.262 e. The molecule has 0 saturated heterocycles. The van der Waals surface area contributed by atoms with Gasteiger partial charge in [0, 0.05) is 8.95 Å². The normalized spacial score (nSPS) is 11.4. The molecule has 0 amide bonds. The molecule has 0 spiro atoms. The van der Waals surface area contributed by atoms with Crippen LogP contribution in [0.3, 0.4) is 0 Å². The molecule has 21 heavy (non-hydrogen) atoms. The Kier molecular flexibility index (Phi) is 5.08. The number of aliphatic hydroxyl groups is 1. The first kappa shape index (κ1) is 16.5. The van der Waals surface area contributed by atoms with E-state index in [0.717, 1.165) is 0 Å². The lowest BCUT2D eigenvalue weighted by atomic mass is 10.1. The number of rotatable bonds is 4. The van der Waals surface area contributed by atoms with Gasteiger partial charge in [0.2, 0.25) is 0 Å². The molecule has 0 saturated carbocycles. The van der Waals surface area contributed by atoms with Crippen LogP contribution in [0.1, 0.15) is 11.1 Å². The highest BCUT2D eigenvalue weighted by Gasteiger charge is 2.20. The minimum absolute atomic E-state index is 0.150. The van der Waals surface area contributed by atoms with Gasteiger partial charge in [-0.1, -0.05) is 18.2 Å². The van der Waals surface area contributed by atoms with Gasteiger partial charge >= 0.3 is 0 Å². The molecule has 0 fully saturated rings. The molecule has 0 atom stereocenters. The second-order valence-electron chi connectivity index (χ2n) is 4.40. The van der Waals surface area contributed by atoms with Crippen molar-refractivity contribution in [3.63, 3.8) is 0 Å². The Balaban J connectivity index is 2.49. The molecule has 0 heterocycles. The van der Waals surface area contributed by atoms with Crippen molar-refractivity contribution < 1.29 is 13.5 Å². The van der Waals surface area contributed by atoms with Crippen molar-refractivity contribution >= 4 is 47.6 Å². The van der Waals surface area contributed by atoms with Crippen LogP contribution in [-0.4, -0.2) is 13.5 Å². The van der Waals surface area contributed by atoms with Gasteiger partial charge in [0.15, 0.2) is 0 Å². The Hall–Kier alpha value is -0.890. The maximum atomic E-state index is 12.6. The molecule has 112 valence electrons. The Bertz CT molecular complexity index is 756. The van der Waals surface area contributed by atoms with Gasteiger partial charge < -0.3 is 5.11 Å². The van der Waals surface area contributed by atoms with Crippen LogP contribution in [0.25, 0.3) is 0 Å². The Morgan fingerprint density at radius 1 is 1.10 bits per heavy atom. The fraction of sp³-hybridized carbons (Fsp3) is 0.143. The van der Waals surface area contributed by atoms with Crippen molar-refractivity contribution in [1.82, 2.24) is 0 Å². The summed E-state index contributed by atoms with van der Waals surface area (Å²) in [6, 6.07) is 10.1. The Labute approximate surface area is 140 Å². The Morgan fingerprint density at radius 2 is 1.67 bits per heavy atom. The molecule has 2 N–H and O–H groups in total. The smallest absolute Gasteiger partial charge is 0.262 e. The van der Waals surface area contributed by atoms with Gasteiger partial charge in [-0.05, 0) is 68.1 Å². The van der Waals surface area contributed by atoms with Crippen LogP contribution >= 0.6 is 31.9 Å². The van der Waals surface area contributed by atoms with Crippen LogP contribution < -0.4 is 4.72 Å². The van der Waals surface area contributed by atoms with Gasteiger partial charge in [-0.2, -0.15) is 0 Å². The fourth-order valence-electron chi connectivity index (χ4n) is 1.91. The lowest BCUT2D eigenvalue weighted by Crippen LogP contribution is -2.15. The third kappa shape index (κ3) is 3.48. The number of hydrogen-bond donors (Lipinski definition) is 2. The summed E-state index contributed by atoms with van der Waals surface area (Å²) in [7, 11) is -3.74. The molecule has 2 aromatic rings. The van der Waals surface area contributed by atoms with Crippen molar-refractivity contribution in [1.29, 1.82) is 0 Å². The van der Waals surface area contributed by atoms with Gasteiger partial charge in [-0.3, -0.25) is 4.72 Å². The number of sulfonamides is 1. The van der Waals surface area contributed by atoms with Gasteiger partial charge in [0.05, 0.1) is 17.2 Å². The summed E-state index contributed by atoms with van der Waals surface area (Å²) in [6.07, 6.45) is 0. The molecule has 0 aromatic heterocycles. The van der Waals surface area contributed by atoms with Crippen molar-refractivity contribution in [3.8, 4) is 0 Å². The minimum atomic E-state index is -3.74. The zero-order chi connectivity index (χ0) is 15.6. The highest BCUT2D eigenvalue weighted by Crippen LogP contribution is 2.33. The maximum absolute atomic E-state index is 12.6. The second-order valence-corrected chi connectivity index (χ2v) is 7.76. The summed E-state index contributed by atoms with van der Waals surface area (Å²) in [4.78, 5) is 0.150. The molecular weight excluding hydrogens is 422 g/mol. The second kappa shape index (κ2) is 6.48. The van der Waals surface area contributed by atoms with Crippen molar-refractivity contribution in [2.75, 3.05) is 4.72 Å². The van der Waals surface area contributed by atoms with Crippen LogP contribution in [0.5, 0.6) is 0 Å². The number of benzene rings is 2. The minimum Gasteiger partial charge on any atom is -0.392 e. The zero-order valence-corrected chi connectivity index (χ0v) is 15.1. The molecule has 4 nitrogen and oxygen atoms in total. The van der Waals surface area contributed by atoms with E-state index in [1.165, 1.54) is 6.07 Å². The number of hydrogen-bond acceptors (Lipinski definition) is 3. The van der Waals surface area contributed by atoms with Crippen molar-refractivity contribution in [2.45, 2.75) is 18.4 Å². The number of aliphatic hydroxyl groups excluding tert-OH is 1. The quantitative estimate of drug-likeness (QED) is 0.768. The third-order valence-electron chi connectivity index (χ3n) is 3.06. The van der Waals surface area contributed by atoms with E-state index in [1.807, 2.05) is 0 Å². The molecule has 0 aliphatic carbocycles. The van der Waals surface area contributed by atoms with Crippen molar-refractivity contribution in [3.05, 3.63) is 56.5 Å². The predicted octanol–water partition coefficient (Wildman–Crippen LogP) is 3.81. The van der Waals surface area contributed by atoms with E-state index in [0.29, 0.717) is 25.8 Å². The summed E-state index contributed by atoms with van der Waals surface area (Å²) >= 11 is 6.64. The first-order chi connectivity index (χ1) is 9.86. The number of nitrogens with one attached hydrogen (secondary N) is 1. The van der Waals surface area contributed by atoms with Crippen LogP contribution in [0.4, 0.5) is 5.69 Å². The molecule has 0 aliphatic rings. The van der Waals surface area contributed by atoms with E-state index in [9.17, 15) is 13.5 Å². The van der Waals surface area contributed by atoms with Gasteiger partial charge in [-0.25, -0.2) is 8.42 Å². The predicted molar refractivity (Wildman–Crippen MR) is 89.8 cm³/mol. The molecule has 0 bridgehead atoms. The van der Waals surface area contributed by atoms with Crippen molar-refractivity contribution in [2.24, 2.45) is 0 Å². The first-order valence-corrected chi connectivity index (χ1v) is 9.10. The number of halogens is 2. The summed E-state index contributed by atoms with van der Waals surface area (Å²) in [5.41, 5.74) is 1.56. The lowest BCUT2D eigenvalue weighted by molar-refractivity contribution is 0.280. The monoisotopic (exact) mass is 433 g/mol. The molecule has 0 unspecified atom stereocenters. The largest absolute Gasteiger partial charge is 0.392 e. The van der Waals surface area contributed by atoms with Gasteiger partial charge in [-0.15, -0.1) is 0 Å². The van der Waals surface area contributed by atoms with E-state index in [2.05, 4.69) is 36.6 Å². The van der Waals surface area contributed by atoms with Crippen LogP contribution in [-0.2, 0) is 16.6 Å². The summed E-state index contributed by atoms with van der Waals surface area (Å²) < 4.78 is 29.0. The average molecular weight is 435 g/mol. The third-order valence-corrected chi connectivity index (χ3v) is 5.87. The highest BCUT2D eigenvalue weighted by molar-refractivity contribution is 9.11. The SMILES string of the molecule is Cc1c(CO)cccc1S(=O)(=O)Nc1c(Br)cccc1Br. The topological polar surface area (TPSA) is 66.4 Å². The summed E-state index contributed by atoms with van der Waals surface area (Å²) in [5, 5.41) is 9.26. The fourth-order valence-corrected chi connectivity index (χ4v) is 4.76. The van der Waals surface area contributed by atoms with Crippen LogP contribution in [0, 0.1) is 6.92 Å². The molecule has 0 radical (unpaired) electrons. The van der Waals surface area contributed by atoms with E-state index < -0.39 is 10.0 Å². The molecule has 2 rings (SSSR count). The first-order valence-electron chi connectivity index (χ1n) is 6.03. The zero-order valence-electron chi connectivity index (χ0n) is 11.1. The summed E-state index contributed by atoms with van der Waals surface area (Å²) in [5.74, 6) is 0.